The Hall–Kier alpha value is -2.80. The number of phenolic OH excluding ortho intramolecular Hbond substituents is 1. The van der Waals surface area contributed by atoms with Gasteiger partial charge in [0.15, 0.2) is 11.0 Å². The summed E-state index contributed by atoms with van der Waals surface area (Å²) in [4.78, 5) is 12.6. The lowest BCUT2D eigenvalue weighted by molar-refractivity contribution is -0.115. The molecule has 0 unspecified atom stereocenters. The number of carbonyl (C=O) groups excluding carboxylic acids is 1. The van der Waals surface area contributed by atoms with E-state index in [1.807, 2.05) is 35.9 Å². The number of benzene rings is 2. The Balaban J connectivity index is 1.55. The normalized spacial score (nSPS) is 16.7. The molecule has 1 amide bonds. The maximum absolute atomic E-state index is 12.6. The van der Waals surface area contributed by atoms with Crippen LogP contribution in [0.25, 0.3) is 11.4 Å². The second-order valence-corrected chi connectivity index (χ2v) is 7.37. The fourth-order valence-corrected chi connectivity index (χ4v) is 4.00. The number of phenols is 1. The van der Waals surface area contributed by atoms with Crippen LogP contribution in [0.2, 0.25) is 0 Å². The number of aromatic nitrogens is 3. The smallest absolute Gasteiger partial charge is 0.237 e. The molecule has 0 saturated heterocycles. The fourth-order valence-electron chi connectivity index (χ4n) is 3.01. The molecule has 0 radical (unpaired) electrons. The van der Waals surface area contributed by atoms with Gasteiger partial charge in [-0.05, 0) is 48.7 Å². The molecule has 2 N–H and O–H groups in total. The Bertz CT molecular complexity index is 952. The highest BCUT2D eigenvalue weighted by Crippen LogP contribution is 2.32. The van der Waals surface area contributed by atoms with Crippen molar-refractivity contribution in [1.29, 1.82) is 0 Å². The van der Waals surface area contributed by atoms with E-state index < -0.39 is 0 Å². The number of hydrogen-bond acceptors (Lipinski definition) is 5. The molecule has 0 aliphatic carbocycles. The van der Waals surface area contributed by atoms with Crippen LogP contribution in [-0.4, -0.2) is 31.0 Å². The van der Waals surface area contributed by atoms with E-state index in [0.29, 0.717) is 11.0 Å². The third-order valence-electron chi connectivity index (χ3n) is 4.45. The van der Waals surface area contributed by atoms with Gasteiger partial charge >= 0.3 is 0 Å². The molecule has 0 fully saturated rings. The molecule has 7 heteroatoms. The number of anilines is 1. The largest absolute Gasteiger partial charge is 0.508 e. The number of amides is 1. The van der Waals surface area contributed by atoms with Crippen LogP contribution >= 0.6 is 11.8 Å². The van der Waals surface area contributed by atoms with Crippen LogP contribution in [0.1, 0.15) is 12.0 Å². The summed E-state index contributed by atoms with van der Waals surface area (Å²) in [5.74, 6) is 0.902. The third-order valence-corrected chi connectivity index (χ3v) is 5.75. The standard InChI is InChI=1S/C19H18N4O2S/c1-23-17(13-6-9-14(24)10-7-13)21-22-19(23)26-16-11-8-12-4-2-3-5-15(12)20-18(16)25/h2-7,9-10,16,24H,8,11H2,1H3,(H,20,25)/t16-/m1/s1. The lowest BCUT2D eigenvalue weighted by atomic mass is 10.1. The third kappa shape index (κ3) is 3.17. The van der Waals surface area contributed by atoms with E-state index in [9.17, 15) is 9.90 Å². The number of para-hydroxylation sites is 1. The SMILES string of the molecule is Cn1c(S[C@@H]2CCc3ccccc3NC2=O)nnc1-c1ccc(O)cc1. The number of nitrogens with zero attached hydrogens (tertiary/aromatic N) is 3. The zero-order valence-corrected chi connectivity index (χ0v) is 15.0. The molecule has 2 aromatic carbocycles. The minimum Gasteiger partial charge on any atom is -0.508 e. The Kier molecular flexibility index (Phi) is 4.38. The van der Waals surface area contributed by atoms with Crippen molar-refractivity contribution in [3.63, 3.8) is 0 Å². The van der Waals surface area contributed by atoms with Crippen LogP contribution in [-0.2, 0) is 18.3 Å². The maximum Gasteiger partial charge on any atom is 0.237 e. The van der Waals surface area contributed by atoms with Crippen LogP contribution in [0.5, 0.6) is 5.75 Å². The lowest BCUT2D eigenvalue weighted by Crippen LogP contribution is -2.24. The van der Waals surface area contributed by atoms with Gasteiger partial charge in [0, 0.05) is 18.3 Å². The van der Waals surface area contributed by atoms with Crippen LogP contribution < -0.4 is 5.32 Å². The molecule has 1 aliphatic heterocycles. The zero-order chi connectivity index (χ0) is 18.1. The molecule has 2 heterocycles. The molecule has 26 heavy (non-hydrogen) atoms. The highest BCUT2D eigenvalue weighted by molar-refractivity contribution is 8.00. The van der Waals surface area contributed by atoms with E-state index >= 15 is 0 Å². The Labute approximate surface area is 155 Å². The Morgan fingerprint density at radius 2 is 1.92 bits per heavy atom. The molecule has 0 bridgehead atoms. The highest BCUT2D eigenvalue weighted by Gasteiger charge is 2.26. The van der Waals surface area contributed by atoms with Crippen LogP contribution in [0.15, 0.2) is 53.7 Å². The second kappa shape index (κ2) is 6.84. The van der Waals surface area contributed by atoms with Crippen molar-refractivity contribution < 1.29 is 9.90 Å². The average Bonchev–Trinajstić information content (AvgIpc) is 2.92. The van der Waals surface area contributed by atoms with Gasteiger partial charge in [0.25, 0.3) is 0 Å². The van der Waals surface area contributed by atoms with E-state index in [1.165, 1.54) is 11.8 Å². The molecule has 1 aromatic heterocycles. The molecular formula is C19H18N4O2S. The van der Waals surface area contributed by atoms with Gasteiger partial charge in [-0.3, -0.25) is 4.79 Å². The van der Waals surface area contributed by atoms with Gasteiger partial charge in [0.1, 0.15) is 5.75 Å². The molecule has 6 nitrogen and oxygen atoms in total. The van der Waals surface area contributed by atoms with Gasteiger partial charge in [-0.2, -0.15) is 0 Å². The number of carbonyl (C=O) groups is 1. The molecule has 3 aromatic rings. The molecule has 0 saturated carbocycles. The van der Waals surface area contributed by atoms with Crippen molar-refractivity contribution >= 4 is 23.4 Å². The summed E-state index contributed by atoms with van der Waals surface area (Å²) >= 11 is 1.43. The predicted molar refractivity (Wildman–Crippen MR) is 101 cm³/mol. The maximum atomic E-state index is 12.6. The summed E-state index contributed by atoms with van der Waals surface area (Å²) in [6, 6.07) is 14.7. The Morgan fingerprint density at radius 3 is 2.73 bits per heavy atom. The quantitative estimate of drug-likeness (QED) is 0.744. The molecule has 1 aliphatic rings. The molecule has 1 atom stereocenters. The van der Waals surface area contributed by atoms with Crippen LogP contribution in [0.4, 0.5) is 5.69 Å². The topological polar surface area (TPSA) is 80.0 Å². The predicted octanol–water partition coefficient (Wildman–Crippen LogP) is 3.23. The minimum atomic E-state index is -0.224. The van der Waals surface area contributed by atoms with E-state index in [0.717, 1.165) is 29.7 Å². The van der Waals surface area contributed by atoms with Crippen molar-refractivity contribution in [2.75, 3.05) is 5.32 Å². The fraction of sp³-hybridized carbons (Fsp3) is 0.211. The van der Waals surface area contributed by atoms with Gasteiger partial charge in [-0.15, -0.1) is 10.2 Å². The van der Waals surface area contributed by atoms with Gasteiger partial charge < -0.3 is 15.0 Å². The van der Waals surface area contributed by atoms with Crippen molar-refractivity contribution in [2.24, 2.45) is 7.05 Å². The highest BCUT2D eigenvalue weighted by atomic mass is 32.2. The Morgan fingerprint density at radius 1 is 1.15 bits per heavy atom. The van der Waals surface area contributed by atoms with Crippen molar-refractivity contribution in [3.05, 3.63) is 54.1 Å². The summed E-state index contributed by atoms with van der Waals surface area (Å²) in [5, 5.41) is 21.4. The number of rotatable bonds is 3. The van der Waals surface area contributed by atoms with E-state index in [4.69, 9.17) is 0 Å². The van der Waals surface area contributed by atoms with Crippen LogP contribution in [0.3, 0.4) is 0 Å². The van der Waals surface area contributed by atoms with Gasteiger partial charge in [-0.1, -0.05) is 30.0 Å². The van der Waals surface area contributed by atoms with Crippen molar-refractivity contribution in [3.8, 4) is 17.1 Å². The first-order valence-electron chi connectivity index (χ1n) is 8.36. The monoisotopic (exact) mass is 366 g/mol. The molecule has 0 spiro atoms. The number of hydrogen-bond donors (Lipinski definition) is 2. The lowest BCUT2D eigenvalue weighted by Gasteiger charge is -2.12. The first-order chi connectivity index (χ1) is 12.6. The number of aromatic hydroxyl groups is 1. The van der Waals surface area contributed by atoms with Gasteiger partial charge in [0.2, 0.25) is 5.91 Å². The van der Waals surface area contributed by atoms with Crippen LogP contribution in [0, 0.1) is 0 Å². The summed E-state index contributed by atoms with van der Waals surface area (Å²) in [7, 11) is 1.88. The van der Waals surface area contributed by atoms with Crippen molar-refractivity contribution in [2.45, 2.75) is 23.2 Å². The van der Waals surface area contributed by atoms with E-state index in [2.05, 4.69) is 15.5 Å². The summed E-state index contributed by atoms with van der Waals surface area (Å²) < 4.78 is 1.88. The van der Waals surface area contributed by atoms with Gasteiger partial charge in [-0.25, -0.2) is 0 Å². The minimum absolute atomic E-state index is 0.00543. The van der Waals surface area contributed by atoms with E-state index in [1.54, 1.807) is 24.3 Å². The summed E-state index contributed by atoms with van der Waals surface area (Å²) in [5.41, 5.74) is 2.91. The summed E-state index contributed by atoms with van der Waals surface area (Å²) in [6.45, 7) is 0. The molecule has 4 rings (SSSR count). The average molecular weight is 366 g/mol. The number of aryl methyl sites for hydroxylation is 1. The second-order valence-electron chi connectivity index (χ2n) is 6.20. The molecule has 132 valence electrons. The number of nitrogens with one attached hydrogen (secondary N) is 1. The first kappa shape index (κ1) is 16.7. The van der Waals surface area contributed by atoms with E-state index in [-0.39, 0.29) is 16.9 Å². The first-order valence-corrected chi connectivity index (χ1v) is 9.24. The van der Waals surface area contributed by atoms with Crippen molar-refractivity contribution in [1.82, 2.24) is 14.8 Å². The molecular weight excluding hydrogens is 348 g/mol. The number of thioether (sulfide) groups is 1. The summed E-state index contributed by atoms with van der Waals surface area (Å²) in [6.07, 6.45) is 1.59. The number of fused-ring (bicyclic) bond motifs is 1. The van der Waals surface area contributed by atoms with Gasteiger partial charge in [0.05, 0.1) is 5.25 Å². The zero-order valence-electron chi connectivity index (χ0n) is 14.2.